The maximum absolute atomic E-state index is 11.2. The second-order valence-corrected chi connectivity index (χ2v) is 5.54. The van der Waals surface area contributed by atoms with Gasteiger partial charge in [0.2, 0.25) is 0 Å². The molecular weight excluding hydrogens is 310 g/mol. The van der Waals surface area contributed by atoms with E-state index in [9.17, 15) is 13.2 Å². The first kappa shape index (κ1) is 12.3. The zero-order valence-electron chi connectivity index (χ0n) is 8.51. The molecule has 1 aliphatic carbocycles. The second kappa shape index (κ2) is 4.25. The van der Waals surface area contributed by atoms with E-state index in [0.717, 1.165) is 5.56 Å². The van der Waals surface area contributed by atoms with Gasteiger partial charge >= 0.3 is 10.3 Å². The molecule has 0 unspecified atom stereocenters. The van der Waals surface area contributed by atoms with Crippen LogP contribution in [0.2, 0.25) is 0 Å². The zero-order valence-corrected chi connectivity index (χ0v) is 10.9. The number of halogens is 1. The van der Waals surface area contributed by atoms with E-state index in [1.165, 1.54) is 18.2 Å². The molecule has 0 aliphatic heterocycles. The van der Waals surface area contributed by atoms with Crippen molar-refractivity contribution in [1.82, 2.24) is 0 Å². The minimum absolute atomic E-state index is 0.0443. The molecule has 5 nitrogen and oxygen atoms in total. The van der Waals surface area contributed by atoms with Crippen molar-refractivity contribution < 1.29 is 17.4 Å². The lowest BCUT2D eigenvalue weighted by Crippen LogP contribution is -2.19. The van der Waals surface area contributed by atoms with Crippen molar-refractivity contribution in [1.29, 1.82) is 0 Å². The van der Waals surface area contributed by atoms with E-state index in [-0.39, 0.29) is 18.0 Å². The maximum atomic E-state index is 11.2. The highest BCUT2D eigenvalue weighted by Crippen LogP contribution is 2.31. The third kappa shape index (κ3) is 2.93. The summed E-state index contributed by atoms with van der Waals surface area (Å²) in [5.41, 5.74) is 1.54. The summed E-state index contributed by atoms with van der Waals surface area (Å²) >= 11 is 3.28. The Morgan fingerprint density at radius 1 is 1.29 bits per heavy atom. The molecule has 0 bridgehead atoms. The quantitative estimate of drug-likeness (QED) is 0.887. The summed E-state index contributed by atoms with van der Waals surface area (Å²) in [6.07, 6.45) is 3.37. The Kier molecular flexibility index (Phi) is 3.07. The Hall–Kier alpha value is -1.18. The number of carbonyl (C=O) groups is 1. The van der Waals surface area contributed by atoms with Gasteiger partial charge in [-0.05, 0) is 29.3 Å². The van der Waals surface area contributed by atoms with Crippen LogP contribution in [0.5, 0.6) is 5.75 Å². The first-order chi connectivity index (χ1) is 7.85. The molecule has 0 aromatic heterocycles. The van der Waals surface area contributed by atoms with Crippen molar-refractivity contribution >= 4 is 38.1 Å². The molecule has 2 rings (SSSR count). The zero-order chi connectivity index (χ0) is 12.6. The highest BCUT2D eigenvalue weighted by atomic mass is 79.9. The van der Waals surface area contributed by atoms with E-state index in [1.54, 1.807) is 6.08 Å². The van der Waals surface area contributed by atoms with Crippen LogP contribution in [-0.4, -0.2) is 14.2 Å². The smallest absolute Gasteiger partial charge is 0.371 e. The third-order valence-electron chi connectivity index (χ3n) is 2.20. The molecule has 0 fully saturated rings. The van der Waals surface area contributed by atoms with Gasteiger partial charge in [0.1, 0.15) is 5.75 Å². The molecule has 0 saturated carbocycles. The number of carbonyl (C=O) groups excluding carboxylic acids is 1. The monoisotopic (exact) mass is 317 g/mol. The Morgan fingerprint density at radius 3 is 2.65 bits per heavy atom. The van der Waals surface area contributed by atoms with E-state index in [0.29, 0.717) is 10.0 Å². The molecule has 1 aromatic carbocycles. The van der Waals surface area contributed by atoms with Crippen molar-refractivity contribution in [3.05, 3.63) is 33.8 Å². The summed E-state index contributed by atoms with van der Waals surface area (Å²) in [5, 5.41) is 4.77. The van der Waals surface area contributed by atoms with Crippen LogP contribution in [0.15, 0.2) is 22.7 Å². The average Bonchev–Trinajstić information content (AvgIpc) is 2.13. The molecule has 90 valence electrons. The second-order valence-electron chi connectivity index (χ2n) is 3.53. The number of hydrogen-bond acceptors (Lipinski definition) is 4. The summed E-state index contributed by atoms with van der Waals surface area (Å²) < 4.78 is 26.8. The minimum atomic E-state index is -4.06. The van der Waals surface area contributed by atoms with E-state index < -0.39 is 10.3 Å². The van der Waals surface area contributed by atoms with Crippen LogP contribution >= 0.6 is 15.9 Å². The van der Waals surface area contributed by atoms with Crippen molar-refractivity contribution in [3.8, 4) is 5.75 Å². The van der Waals surface area contributed by atoms with Gasteiger partial charge < -0.3 is 4.18 Å². The number of hydrogen-bond donors (Lipinski definition) is 1. The molecule has 0 amide bonds. The standard InChI is InChI=1S/C10H8BrNO4S/c11-10-5-8(16-17(12,14)15)4-6-3-7(13)1-2-9(6)10/h1-2,4-5H,3H2,(H2,12,14,15). The first-order valence-corrected chi connectivity index (χ1v) is 6.87. The minimum Gasteiger partial charge on any atom is -0.371 e. The average molecular weight is 318 g/mol. The molecule has 2 N–H and O–H groups in total. The van der Waals surface area contributed by atoms with Crippen molar-refractivity contribution in [2.75, 3.05) is 0 Å². The molecular formula is C10H8BrNO4S. The Morgan fingerprint density at radius 2 is 2.00 bits per heavy atom. The van der Waals surface area contributed by atoms with Crippen molar-refractivity contribution in [2.45, 2.75) is 6.42 Å². The van der Waals surface area contributed by atoms with Gasteiger partial charge in [-0.25, -0.2) is 0 Å². The number of fused-ring (bicyclic) bond motifs is 1. The molecule has 0 heterocycles. The predicted molar refractivity (Wildman–Crippen MR) is 65.6 cm³/mol. The Bertz CT molecular complexity index is 621. The first-order valence-electron chi connectivity index (χ1n) is 4.61. The van der Waals surface area contributed by atoms with Gasteiger partial charge in [0.15, 0.2) is 5.78 Å². The number of nitrogens with two attached hydrogens (primary N) is 1. The summed E-state index contributed by atoms with van der Waals surface area (Å²) in [4.78, 5) is 11.2. The van der Waals surface area contributed by atoms with Crippen LogP contribution in [0.3, 0.4) is 0 Å². The summed E-state index contributed by atoms with van der Waals surface area (Å²) in [7, 11) is -4.06. The van der Waals surface area contributed by atoms with Gasteiger partial charge in [-0.15, -0.1) is 0 Å². The summed E-state index contributed by atoms with van der Waals surface area (Å²) in [6.45, 7) is 0. The maximum Gasteiger partial charge on any atom is 0.380 e. The summed E-state index contributed by atoms with van der Waals surface area (Å²) in [5.74, 6) is 0.0402. The Labute approximate surface area is 107 Å². The summed E-state index contributed by atoms with van der Waals surface area (Å²) in [6, 6.07) is 2.98. The van der Waals surface area contributed by atoms with Crippen LogP contribution in [0.25, 0.3) is 6.08 Å². The van der Waals surface area contributed by atoms with E-state index in [4.69, 9.17) is 5.14 Å². The molecule has 0 radical (unpaired) electrons. The van der Waals surface area contributed by atoms with Gasteiger partial charge in [-0.1, -0.05) is 22.0 Å². The fraction of sp³-hybridized carbons (Fsp3) is 0.100. The number of benzene rings is 1. The van der Waals surface area contributed by atoms with E-state index in [1.807, 2.05) is 0 Å². The lowest BCUT2D eigenvalue weighted by atomic mass is 9.96. The van der Waals surface area contributed by atoms with Crippen LogP contribution in [0.4, 0.5) is 0 Å². The van der Waals surface area contributed by atoms with Gasteiger partial charge in [0, 0.05) is 10.9 Å². The molecule has 1 aromatic rings. The van der Waals surface area contributed by atoms with Crippen LogP contribution < -0.4 is 9.32 Å². The van der Waals surface area contributed by atoms with Gasteiger partial charge in [-0.2, -0.15) is 13.6 Å². The molecule has 7 heteroatoms. The van der Waals surface area contributed by atoms with Gasteiger partial charge in [0.25, 0.3) is 0 Å². The molecule has 0 atom stereocenters. The van der Waals surface area contributed by atoms with Crippen LogP contribution in [0, 0.1) is 0 Å². The number of allylic oxidation sites excluding steroid dienone is 1. The third-order valence-corrected chi connectivity index (χ3v) is 3.28. The fourth-order valence-electron chi connectivity index (χ4n) is 1.59. The number of rotatable bonds is 2. The lowest BCUT2D eigenvalue weighted by molar-refractivity contribution is -0.114. The Balaban J connectivity index is 2.47. The predicted octanol–water partition coefficient (Wildman–Crippen LogP) is 1.17. The number of ketones is 1. The van der Waals surface area contributed by atoms with Crippen molar-refractivity contribution in [3.63, 3.8) is 0 Å². The molecule has 0 saturated heterocycles. The van der Waals surface area contributed by atoms with Gasteiger partial charge in [0.05, 0.1) is 0 Å². The molecule has 1 aliphatic rings. The topological polar surface area (TPSA) is 86.5 Å². The highest BCUT2D eigenvalue weighted by molar-refractivity contribution is 9.10. The fourth-order valence-corrected chi connectivity index (χ4v) is 2.56. The van der Waals surface area contributed by atoms with Gasteiger partial charge in [-0.3, -0.25) is 4.79 Å². The molecule has 17 heavy (non-hydrogen) atoms. The van der Waals surface area contributed by atoms with E-state index >= 15 is 0 Å². The van der Waals surface area contributed by atoms with E-state index in [2.05, 4.69) is 20.1 Å². The molecule has 0 spiro atoms. The highest BCUT2D eigenvalue weighted by Gasteiger charge is 2.16. The van der Waals surface area contributed by atoms with Crippen LogP contribution in [0.1, 0.15) is 11.1 Å². The largest absolute Gasteiger partial charge is 0.380 e. The SMILES string of the molecule is NS(=O)(=O)Oc1cc(Br)c2c(c1)CC(=O)C=C2. The van der Waals surface area contributed by atoms with Crippen molar-refractivity contribution in [2.24, 2.45) is 5.14 Å². The van der Waals surface area contributed by atoms with Crippen LogP contribution in [-0.2, 0) is 21.5 Å². The lowest BCUT2D eigenvalue weighted by Gasteiger charge is -2.13. The normalized spacial score (nSPS) is 14.6.